The molecule has 0 amide bonds. The van der Waals surface area contributed by atoms with E-state index >= 15 is 0 Å². The van der Waals surface area contributed by atoms with Gasteiger partial charge in [-0.3, -0.25) is 4.79 Å². The van der Waals surface area contributed by atoms with E-state index in [0.717, 1.165) is 6.07 Å². The van der Waals surface area contributed by atoms with Crippen molar-refractivity contribution in [3.8, 4) is 0 Å². The fourth-order valence-electron chi connectivity index (χ4n) is 1.98. The molecule has 0 saturated carbocycles. The minimum absolute atomic E-state index is 0.0680. The summed E-state index contributed by atoms with van der Waals surface area (Å²) in [6.45, 7) is 6.30. The number of carboxylic acid groups (broad SMARTS) is 1. The number of ether oxygens (including phenoxy) is 1. The van der Waals surface area contributed by atoms with E-state index in [1.54, 1.807) is 20.8 Å². The average molecular weight is 294 g/mol. The molecule has 2 heterocycles. The molecule has 114 valence electrons. The number of hydrogen-bond donors (Lipinski definition) is 2. The van der Waals surface area contributed by atoms with Gasteiger partial charge in [-0.15, -0.1) is 0 Å². The summed E-state index contributed by atoms with van der Waals surface area (Å²) in [5, 5.41) is 12.2. The zero-order valence-electron chi connectivity index (χ0n) is 12.2. The number of pyridine rings is 1. The van der Waals surface area contributed by atoms with Crippen LogP contribution in [0.3, 0.4) is 0 Å². The molecule has 1 saturated heterocycles. The molecule has 0 spiro atoms. The molecule has 0 bridgehead atoms. The third-order valence-electron chi connectivity index (χ3n) is 3.08. The first kappa shape index (κ1) is 15.2. The molecule has 2 rings (SSSR count). The van der Waals surface area contributed by atoms with Crippen LogP contribution in [0.4, 0.5) is 0 Å². The fourth-order valence-corrected chi connectivity index (χ4v) is 1.98. The van der Waals surface area contributed by atoms with Crippen molar-refractivity contribution in [3.63, 3.8) is 0 Å². The number of hydrogen-bond acceptors (Lipinski definition) is 5. The molecule has 0 unspecified atom stereocenters. The van der Waals surface area contributed by atoms with Crippen LogP contribution in [0.5, 0.6) is 0 Å². The molecule has 1 aliphatic rings. The van der Waals surface area contributed by atoms with Gasteiger partial charge in [-0.05, 0) is 20.8 Å². The molecule has 1 fully saturated rings. The van der Waals surface area contributed by atoms with Crippen molar-refractivity contribution in [3.05, 3.63) is 33.7 Å². The normalized spacial score (nSPS) is 15.4. The average Bonchev–Trinajstić information content (AvgIpc) is 2.26. The molecular weight excluding hydrogens is 276 g/mol. The molecule has 1 aliphatic heterocycles. The van der Waals surface area contributed by atoms with E-state index in [1.165, 1.54) is 10.8 Å². The number of carbonyl (C=O) groups excluding carboxylic acids is 1. The Morgan fingerprint density at radius 1 is 1.33 bits per heavy atom. The van der Waals surface area contributed by atoms with Crippen LogP contribution in [0, 0.1) is 0 Å². The van der Waals surface area contributed by atoms with Crippen LogP contribution < -0.4 is 10.9 Å². The Morgan fingerprint density at radius 3 is 2.38 bits per heavy atom. The van der Waals surface area contributed by atoms with E-state index in [9.17, 15) is 14.4 Å². The quantitative estimate of drug-likeness (QED) is 0.794. The number of carbonyl (C=O) groups is 2. The van der Waals surface area contributed by atoms with Crippen molar-refractivity contribution in [1.82, 2.24) is 9.88 Å². The fraction of sp³-hybridized carbons (Fsp3) is 0.500. The van der Waals surface area contributed by atoms with Crippen molar-refractivity contribution >= 4 is 11.9 Å². The Morgan fingerprint density at radius 2 is 1.95 bits per heavy atom. The maximum atomic E-state index is 12.2. The molecule has 21 heavy (non-hydrogen) atoms. The summed E-state index contributed by atoms with van der Waals surface area (Å²) in [4.78, 5) is 35.4. The van der Waals surface area contributed by atoms with Crippen molar-refractivity contribution < 1.29 is 19.4 Å². The van der Waals surface area contributed by atoms with Crippen LogP contribution >= 0.6 is 0 Å². The number of aromatic carboxylic acids is 1. The first-order valence-corrected chi connectivity index (χ1v) is 6.62. The van der Waals surface area contributed by atoms with Crippen LogP contribution in [0.2, 0.25) is 0 Å². The molecule has 0 aromatic carbocycles. The minimum Gasteiger partial charge on any atom is -0.478 e. The Hall–Kier alpha value is -2.15. The lowest BCUT2D eigenvalue weighted by Gasteiger charge is -2.29. The number of carboxylic acids is 1. The molecule has 0 aliphatic carbocycles. The van der Waals surface area contributed by atoms with Gasteiger partial charge in [-0.2, -0.15) is 0 Å². The first-order chi connectivity index (χ1) is 9.69. The summed E-state index contributed by atoms with van der Waals surface area (Å²) in [6, 6.07) is 0.904. The minimum atomic E-state index is -1.33. The lowest BCUT2D eigenvalue weighted by atomic mass is 10.1. The number of esters is 1. The van der Waals surface area contributed by atoms with Gasteiger partial charge in [0.15, 0.2) is 0 Å². The van der Waals surface area contributed by atoms with E-state index in [4.69, 9.17) is 9.84 Å². The van der Waals surface area contributed by atoms with Gasteiger partial charge in [0.2, 0.25) is 0 Å². The Bertz CT molecular complexity index is 638. The molecular formula is C14H18N2O5. The summed E-state index contributed by atoms with van der Waals surface area (Å²) in [5.41, 5.74) is -1.63. The van der Waals surface area contributed by atoms with Gasteiger partial charge in [0.1, 0.15) is 5.60 Å². The monoisotopic (exact) mass is 294 g/mol. The number of nitrogens with one attached hydrogen (secondary N) is 1. The Kier molecular flexibility index (Phi) is 3.87. The highest BCUT2D eigenvalue weighted by molar-refractivity contribution is 6.02. The second kappa shape index (κ2) is 5.33. The summed E-state index contributed by atoms with van der Waals surface area (Å²) < 4.78 is 6.58. The topological polar surface area (TPSA) is 97.6 Å². The Balaban J connectivity index is 2.48. The standard InChI is InChI=1S/C14H18N2O5/c1-14(2,3)21-13(20)10-7-16(8-5-15-6-8)11(17)4-9(10)12(18)19/h4,7-8,15H,5-6H2,1-3H3,(H,18,19). The van der Waals surface area contributed by atoms with Crippen LogP contribution in [-0.2, 0) is 4.74 Å². The highest BCUT2D eigenvalue weighted by Gasteiger charge is 2.27. The lowest BCUT2D eigenvalue weighted by Crippen LogP contribution is -2.47. The van der Waals surface area contributed by atoms with Crippen LogP contribution in [-0.4, -0.2) is 40.3 Å². The number of aromatic nitrogens is 1. The molecule has 2 N–H and O–H groups in total. The van der Waals surface area contributed by atoms with E-state index in [2.05, 4.69) is 5.32 Å². The molecule has 7 nitrogen and oxygen atoms in total. The van der Waals surface area contributed by atoms with Gasteiger partial charge in [0.05, 0.1) is 17.2 Å². The van der Waals surface area contributed by atoms with Crippen LogP contribution in [0.1, 0.15) is 47.5 Å². The predicted octanol–water partition coefficient (Wildman–Crippen LogP) is 0.646. The molecule has 1 aromatic heterocycles. The second-order valence-corrected chi connectivity index (χ2v) is 5.97. The van der Waals surface area contributed by atoms with Gasteiger partial charge in [-0.25, -0.2) is 9.59 Å². The summed E-state index contributed by atoms with van der Waals surface area (Å²) in [5.74, 6) is -2.08. The summed E-state index contributed by atoms with van der Waals surface area (Å²) in [6.07, 6.45) is 1.28. The van der Waals surface area contributed by atoms with Gasteiger partial charge < -0.3 is 19.7 Å². The van der Waals surface area contributed by atoms with E-state index in [0.29, 0.717) is 13.1 Å². The van der Waals surface area contributed by atoms with Crippen molar-refractivity contribution in [2.75, 3.05) is 13.1 Å². The van der Waals surface area contributed by atoms with Crippen LogP contribution in [0.15, 0.2) is 17.1 Å². The van der Waals surface area contributed by atoms with E-state index < -0.39 is 23.1 Å². The predicted molar refractivity (Wildman–Crippen MR) is 74.7 cm³/mol. The largest absolute Gasteiger partial charge is 0.478 e. The van der Waals surface area contributed by atoms with Gasteiger partial charge in [0.25, 0.3) is 5.56 Å². The Labute approximate surface area is 121 Å². The van der Waals surface area contributed by atoms with E-state index in [1.807, 2.05) is 0 Å². The zero-order valence-corrected chi connectivity index (χ0v) is 12.2. The summed E-state index contributed by atoms with van der Waals surface area (Å²) >= 11 is 0. The third kappa shape index (κ3) is 3.30. The van der Waals surface area contributed by atoms with Crippen molar-refractivity contribution in [2.24, 2.45) is 0 Å². The smallest absolute Gasteiger partial charge is 0.341 e. The molecule has 0 atom stereocenters. The van der Waals surface area contributed by atoms with Gasteiger partial charge >= 0.3 is 11.9 Å². The van der Waals surface area contributed by atoms with Crippen molar-refractivity contribution in [1.29, 1.82) is 0 Å². The van der Waals surface area contributed by atoms with Crippen molar-refractivity contribution in [2.45, 2.75) is 32.4 Å². The second-order valence-electron chi connectivity index (χ2n) is 5.97. The van der Waals surface area contributed by atoms with Crippen LogP contribution in [0.25, 0.3) is 0 Å². The molecule has 7 heteroatoms. The highest BCUT2D eigenvalue weighted by Crippen LogP contribution is 2.17. The molecule has 1 aromatic rings. The molecule has 0 radical (unpaired) electrons. The maximum Gasteiger partial charge on any atom is 0.341 e. The summed E-state index contributed by atoms with van der Waals surface area (Å²) in [7, 11) is 0. The SMILES string of the molecule is CC(C)(C)OC(=O)c1cn(C2CNC2)c(=O)cc1C(=O)O. The zero-order chi connectivity index (χ0) is 15.8. The maximum absolute atomic E-state index is 12.2. The number of nitrogens with zero attached hydrogens (tertiary/aromatic N) is 1. The first-order valence-electron chi connectivity index (χ1n) is 6.62. The highest BCUT2D eigenvalue weighted by atomic mass is 16.6. The van der Waals surface area contributed by atoms with E-state index in [-0.39, 0.29) is 17.2 Å². The van der Waals surface area contributed by atoms with Gasteiger partial charge in [-0.1, -0.05) is 0 Å². The lowest BCUT2D eigenvalue weighted by molar-refractivity contribution is 0.00644. The van der Waals surface area contributed by atoms with Gasteiger partial charge in [0, 0.05) is 25.4 Å². The third-order valence-corrected chi connectivity index (χ3v) is 3.08. The number of rotatable bonds is 3.